The number of hydrogen-bond acceptors (Lipinski definition) is 7. The van der Waals surface area contributed by atoms with Gasteiger partial charge in [0.25, 0.3) is 0 Å². The van der Waals surface area contributed by atoms with Gasteiger partial charge in [0.15, 0.2) is 6.10 Å². The molecule has 1 heterocycles. The number of esters is 3. The second-order valence-electron chi connectivity index (χ2n) is 4.65. The molecule has 1 aliphatic rings. The van der Waals surface area contributed by atoms with Gasteiger partial charge in [-0.15, -0.1) is 0 Å². The Bertz CT molecular complexity index is 392. The Kier molecular flexibility index (Phi) is 5.50. The van der Waals surface area contributed by atoms with Crippen molar-refractivity contribution in [3.05, 3.63) is 0 Å². The van der Waals surface area contributed by atoms with E-state index in [1.165, 1.54) is 13.8 Å². The number of rotatable bonds is 5. The van der Waals surface area contributed by atoms with Crippen molar-refractivity contribution in [3.63, 3.8) is 0 Å². The fraction of sp³-hybridized carbons (Fsp3) is 0.769. The van der Waals surface area contributed by atoms with Gasteiger partial charge in [-0.3, -0.25) is 9.59 Å². The van der Waals surface area contributed by atoms with E-state index in [0.717, 1.165) is 0 Å². The van der Waals surface area contributed by atoms with Crippen LogP contribution >= 0.6 is 0 Å². The molecule has 20 heavy (non-hydrogen) atoms. The quantitative estimate of drug-likeness (QED) is 0.546. The maximum Gasteiger partial charge on any atom is 0.336 e. The lowest BCUT2D eigenvalue weighted by molar-refractivity contribution is -0.186. The summed E-state index contributed by atoms with van der Waals surface area (Å²) in [6, 6.07) is 0. The van der Waals surface area contributed by atoms with Gasteiger partial charge in [-0.1, -0.05) is 0 Å². The molecule has 7 heteroatoms. The van der Waals surface area contributed by atoms with Crippen LogP contribution in [0.4, 0.5) is 0 Å². The van der Waals surface area contributed by atoms with Crippen LogP contribution in [-0.2, 0) is 33.3 Å². The van der Waals surface area contributed by atoms with Crippen molar-refractivity contribution in [1.29, 1.82) is 0 Å². The largest absolute Gasteiger partial charge is 0.465 e. The van der Waals surface area contributed by atoms with Gasteiger partial charge in [-0.25, -0.2) is 4.79 Å². The van der Waals surface area contributed by atoms with Crippen molar-refractivity contribution in [3.8, 4) is 0 Å². The summed E-state index contributed by atoms with van der Waals surface area (Å²) in [5, 5.41) is 0. The molecule has 3 atom stereocenters. The first-order valence-corrected chi connectivity index (χ1v) is 6.51. The van der Waals surface area contributed by atoms with Crippen molar-refractivity contribution < 1.29 is 33.3 Å². The molecular formula is C13H20O7. The first kappa shape index (κ1) is 16.4. The molecule has 0 bridgehead atoms. The molecule has 1 saturated heterocycles. The molecule has 0 aromatic rings. The summed E-state index contributed by atoms with van der Waals surface area (Å²) in [7, 11) is 0. The fourth-order valence-corrected chi connectivity index (χ4v) is 2.08. The van der Waals surface area contributed by atoms with Gasteiger partial charge in [0, 0.05) is 13.3 Å². The van der Waals surface area contributed by atoms with E-state index in [9.17, 15) is 14.4 Å². The summed E-state index contributed by atoms with van der Waals surface area (Å²) >= 11 is 0. The standard InChI is InChI=1S/C13H20O7/c1-5-17-11(15)10-13(4,12(16)18-6-2)7-9(20-10)19-8(3)14/h9-10H,5-7H2,1-4H3/t9-,10-,13-/m1/s1. The highest BCUT2D eigenvalue weighted by Crippen LogP contribution is 2.40. The predicted octanol–water partition coefficient (Wildman–Crippen LogP) is 0.797. The van der Waals surface area contributed by atoms with E-state index < -0.39 is 35.7 Å². The van der Waals surface area contributed by atoms with Crippen molar-refractivity contribution >= 4 is 17.9 Å². The Hall–Kier alpha value is -1.63. The Labute approximate surface area is 117 Å². The summed E-state index contributed by atoms with van der Waals surface area (Å²) in [6.45, 7) is 6.43. The van der Waals surface area contributed by atoms with E-state index in [1.807, 2.05) is 0 Å². The highest BCUT2D eigenvalue weighted by atomic mass is 16.7. The van der Waals surface area contributed by atoms with Gasteiger partial charge in [-0.2, -0.15) is 0 Å². The summed E-state index contributed by atoms with van der Waals surface area (Å²) in [6.07, 6.45) is -2.06. The molecular weight excluding hydrogens is 268 g/mol. The molecule has 0 amide bonds. The second kappa shape index (κ2) is 6.69. The molecule has 1 aliphatic heterocycles. The molecule has 0 aromatic heterocycles. The van der Waals surface area contributed by atoms with Crippen LogP contribution in [0.1, 0.15) is 34.1 Å². The molecule has 0 aromatic carbocycles. The Morgan fingerprint density at radius 1 is 1.20 bits per heavy atom. The minimum Gasteiger partial charge on any atom is -0.465 e. The Morgan fingerprint density at radius 2 is 1.80 bits per heavy atom. The smallest absolute Gasteiger partial charge is 0.336 e. The van der Waals surface area contributed by atoms with Crippen LogP contribution < -0.4 is 0 Å². The minimum atomic E-state index is -1.23. The Morgan fingerprint density at radius 3 is 2.30 bits per heavy atom. The Balaban J connectivity index is 2.93. The van der Waals surface area contributed by atoms with Crippen LogP contribution in [0.3, 0.4) is 0 Å². The highest BCUT2D eigenvalue weighted by molar-refractivity contribution is 5.87. The van der Waals surface area contributed by atoms with Gasteiger partial charge in [0.05, 0.1) is 13.2 Å². The van der Waals surface area contributed by atoms with Crippen molar-refractivity contribution in [2.24, 2.45) is 5.41 Å². The molecule has 0 saturated carbocycles. The average Bonchev–Trinajstić information content (AvgIpc) is 2.67. The molecule has 0 radical (unpaired) electrons. The highest BCUT2D eigenvalue weighted by Gasteiger charge is 2.56. The SMILES string of the molecule is CCOC(=O)[C@H]1O[C@@H](OC(C)=O)C[C@@]1(C)C(=O)OCC. The van der Waals surface area contributed by atoms with Gasteiger partial charge < -0.3 is 18.9 Å². The summed E-state index contributed by atoms with van der Waals surface area (Å²) < 4.78 is 20.1. The van der Waals surface area contributed by atoms with Gasteiger partial charge >= 0.3 is 17.9 Å². The monoisotopic (exact) mass is 288 g/mol. The first-order valence-electron chi connectivity index (χ1n) is 6.51. The van der Waals surface area contributed by atoms with Crippen molar-refractivity contribution in [2.75, 3.05) is 13.2 Å². The second-order valence-corrected chi connectivity index (χ2v) is 4.65. The summed E-state index contributed by atoms with van der Waals surface area (Å²) in [4.78, 5) is 34.9. The predicted molar refractivity (Wildman–Crippen MR) is 66.4 cm³/mol. The number of carbonyl (C=O) groups is 3. The lowest BCUT2D eigenvalue weighted by atomic mass is 9.83. The van der Waals surface area contributed by atoms with E-state index in [0.29, 0.717) is 0 Å². The third-order valence-corrected chi connectivity index (χ3v) is 3.00. The zero-order valence-electron chi connectivity index (χ0n) is 12.1. The van der Waals surface area contributed by atoms with E-state index in [2.05, 4.69) is 0 Å². The van der Waals surface area contributed by atoms with Crippen molar-refractivity contribution in [2.45, 2.75) is 46.5 Å². The van der Waals surface area contributed by atoms with Crippen LogP contribution in [0.5, 0.6) is 0 Å². The van der Waals surface area contributed by atoms with Crippen LogP contribution in [-0.4, -0.2) is 43.5 Å². The number of ether oxygens (including phenoxy) is 4. The summed E-state index contributed by atoms with van der Waals surface area (Å²) in [5.41, 5.74) is -1.23. The van der Waals surface area contributed by atoms with E-state index in [4.69, 9.17) is 18.9 Å². The van der Waals surface area contributed by atoms with Gasteiger partial charge in [-0.05, 0) is 20.8 Å². The molecule has 1 rings (SSSR count). The number of carbonyl (C=O) groups excluding carboxylic acids is 3. The third-order valence-electron chi connectivity index (χ3n) is 3.00. The minimum absolute atomic E-state index is 0.0505. The number of hydrogen-bond donors (Lipinski definition) is 0. The molecule has 0 unspecified atom stereocenters. The molecule has 0 spiro atoms. The first-order chi connectivity index (χ1) is 9.35. The van der Waals surface area contributed by atoms with Crippen LogP contribution in [0.15, 0.2) is 0 Å². The van der Waals surface area contributed by atoms with Crippen LogP contribution in [0.25, 0.3) is 0 Å². The molecule has 7 nitrogen and oxygen atoms in total. The fourth-order valence-electron chi connectivity index (χ4n) is 2.08. The molecule has 1 fully saturated rings. The lowest BCUT2D eigenvalue weighted by Crippen LogP contribution is -2.43. The maximum absolute atomic E-state index is 12.1. The van der Waals surface area contributed by atoms with E-state index >= 15 is 0 Å². The van der Waals surface area contributed by atoms with Crippen LogP contribution in [0, 0.1) is 5.41 Å². The van der Waals surface area contributed by atoms with Crippen molar-refractivity contribution in [1.82, 2.24) is 0 Å². The van der Waals surface area contributed by atoms with Crippen LogP contribution in [0.2, 0.25) is 0 Å². The van der Waals surface area contributed by atoms with E-state index in [-0.39, 0.29) is 19.6 Å². The third kappa shape index (κ3) is 3.47. The topological polar surface area (TPSA) is 88.1 Å². The van der Waals surface area contributed by atoms with Gasteiger partial charge in [0.1, 0.15) is 5.41 Å². The zero-order chi connectivity index (χ0) is 15.3. The lowest BCUT2D eigenvalue weighted by Gasteiger charge is -2.25. The summed E-state index contributed by atoms with van der Waals surface area (Å²) in [5.74, 6) is -1.80. The molecule has 114 valence electrons. The maximum atomic E-state index is 12.1. The van der Waals surface area contributed by atoms with Gasteiger partial charge in [0.2, 0.25) is 6.29 Å². The zero-order valence-corrected chi connectivity index (χ0v) is 12.1. The average molecular weight is 288 g/mol. The normalized spacial score (nSPS) is 28.8. The molecule has 0 N–H and O–H groups in total. The molecule has 0 aliphatic carbocycles. The van der Waals surface area contributed by atoms with E-state index in [1.54, 1.807) is 13.8 Å².